The van der Waals surface area contributed by atoms with Crippen LogP contribution in [0.3, 0.4) is 0 Å². The Morgan fingerprint density at radius 1 is 1.42 bits per heavy atom. The molecule has 0 aromatic carbocycles. The van der Waals surface area contributed by atoms with Crippen molar-refractivity contribution < 1.29 is 9.84 Å². The van der Waals surface area contributed by atoms with E-state index in [1.807, 2.05) is 43.7 Å². The van der Waals surface area contributed by atoms with Crippen LogP contribution in [0.4, 0.5) is 5.82 Å². The molecule has 1 aliphatic rings. The van der Waals surface area contributed by atoms with Gasteiger partial charge in [0.25, 0.3) is 0 Å². The van der Waals surface area contributed by atoms with E-state index in [2.05, 4.69) is 15.3 Å². The van der Waals surface area contributed by atoms with Gasteiger partial charge in [-0.2, -0.15) is 0 Å². The molecular weight excluding hydrogens is 304 g/mol. The number of aromatic nitrogens is 3. The number of fused-ring (bicyclic) bond motifs is 1. The van der Waals surface area contributed by atoms with Crippen molar-refractivity contribution in [2.45, 2.75) is 11.8 Å². The fraction of sp³-hybridized carbons (Fsp3) is 0.333. The van der Waals surface area contributed by atoms with E-state index in [-0.39, 0.29) is 12.0 Å². The summed E-state index contributed by atoms with van der Waals surface area (Å²) in [5.41, 5.74) is 3.37. The lowest BCUT2D eigenvalue weighted by Gasteiger charge is -2.24. The molecule has 1 saturated heterocycles. The van der Waals surface area contributed by atoms with Gasteiger partial charge in [-0.1, -0.05) is 6.07 Å². The maximum Gasteiger partial charge on any atom is 0.126 e. The molecular formula is C18H20N4O2. The number of anilines is 1. The van der Waals surface area contributed by atoms with Crippen molar-refractivity contribution in [3.63, 3.8) is 0 Å². The summed E-state index contributed by atoms with van der Waals surface area (Å²) in [5.74, 6) is 0.815. The molecule has 0 amide bonds. The van der Waals surface area contributed by atoms with Crippen molar-refractivity contribution >= 4 is 16.7 Å². The van der Waals surface area contributed by atoms with E-state index >= 15 is 0 Å². The number of pyridine rings is 2. The number of ether oxygens (including phenoxy) is 1. The van der Waals surface area contributed by atoms with Gasteiger partial charge in [0.05, 0.1) is 41.7 Å². The lowest BCUT2D eigenvalue weighted by molar-refractivity contribution is 0.138. The zero-order valence-corrected chi connectivity index (χ0v) is 13.5. The number of H-pyrrole nitrogens is 1. The first-order chi connectivity index (χ1) is 11.8. The Bertz CT molecular complexity index is 868. The van der Waals surface area contributed by atoms with Crippen LogP contribution in [0.1, 0.15) is 12.1 Å². The van der Waals surface area contributed by atoms with Crippen LogP contribution in [0.5, 0.6) is 0 Å². The summed E-state index contributed by atoms with van der Waals surface area (Å²) >= 11 is 0. The first-order valence-corrected chi connectivity index (χ1v) is 8.07. The minimum atomic E-state index is -0.389. The Balaban J connectivity index is 1.82. The van der Waals surface area contributed by atoms with Crippen molar-refractivity contribution in [2.75, 3.05) is 32.2 Å². The van der Waals surface area contributed by atoms with Crippen LogP contribution in [-0.2, 0) is 10.2 Å². The minimum absolute atomic E-state index is 0.0468. The molecule has 0 aliphatic carbocycles. The number of nitrogens with one attached hydrogen (secondary N) is 2. The molecule has 1 atom stereocenters. The topological polar surface area (TPSA) is 83.1 Å². The Kier molecular flexibility index (Phi) is 3.70. The highest BCUT2D eigenvalue weighted by molar-refractivity contribution is 5.95. The van der Waals surface area contributed by atoms with Gasteiger partial charge in [0.1, 0.15) is 5.82 Å². The lowest BCUT2D eigenvalue weighted by Crippen LogP contribution is -2.32. The van der Waals surface area contributed by atoms with Crippen molar-refractivity contribution in [1.29, 1.82) is 0 Å². The van der Waals surface area contributed by atoms with E-state index in [1.54, 1.807) is 0 Å². The van der Waals surface area contributed by atoms with Crippen LogP contribution >= 0.6 is 0 Å². The third-order valence-electron chi connectivity index (χ3n) is 4.80. The number of hydrogen-bond acceptors (Lipinski definition) is 5. The standard InChI is InChI=1S/C18H20N4O2/c1-19-17-7-12-13(8-20-15(12)9-21-17)14-3-2-4-16(22-14)18(10-23)5-6-24-11-18/h2-4,7-9,20,23H,5-6,10-11H2,1H3,(H,19,21). The average molecular weight is 324 g/mol. The van der Waals surface area contributed by atoms with E-state index in [1.165, 1.54) is 0 Å². The van der Waals surface area contributed by atoms with Crippen LogP contribution in [-0.4, -0.2) is 46.9 Å². The molecule has 3 N–H and O–H groups in total. The van der Waals surface area contributed by atoms with Gasteiger partial charge in [0.2, 0.25) is 0 Å². The second-order valence-corrected chi connectivity index (χ2v) is 6.22. The summed E-state index contributed by atoms with van der Waals surface area (Å²) in [4.78, 5) is 12.4. The van der Waals surface area contributed by atoms with E-state index in [4.69, 9.17) is 9.72 Å². The first kappa shape index (κ1) is 15.1. The Morgan fingerprint density at radius 2 is 2.33 bits per heavy atom. The highest BCUT2D eigenvalue weighted by Gasteiger charge is 2.37. The smallest absolute Gasteiger partial charge is 0.126 e. The van der Waals surface area contributed by atoms with Crippen molar-refractivity contribution in [3.8, 4) is 11.3 Å². The van der Waals surface area contributed by atoms with Gasteiger partial charge < -0.3 is 20.1 Å². The molecule has 6 heteroatoms. The SMILES string of the molecule is CNc1cc2c(-c3cccc(C4(CO)CCOC4)n3)c[nH]c2cn1. The van der Waals surface area contributed by atoms with Crippen LogP contribution in [0.2, 0.25) is 0 Å². The molecule has 3 aromatic heterocycles. The molecule has 1 unspecified atom stereocenters. The number of nitrogens with zero attached hydrogens (tertiary/aromatic N) is 2. The van der Waals surface area contributed by atoms with Gasteiger partial charge >= 0.3 is 0 Å². The zero-order valence-electron chi connectivity index (χ0n) is 13.5. The third-order valence-corrected chi connectivity index (χ3v) is 4.80. The van der Waals surface area contributed by atoms with E-state index in [9.17, 15) is 5.11 Å². The molecule has 124 valence electrons. The number of aromatic amines is 1. The number of hydrogen-bond donors (Lipinski definition) is 3. The summed E-state index contributed by atoms with van der Waals surface area (Å²) in [6.07, 6.45) is 4.56. The largest absolute Gasteiger partial charge is 0.395 e. The number of aliphatic hydroxyl groups is 1. The molecule has 0 spiro atoms. The zero-order chi connectivity index (χ0) is 16.6. The molecule has 4 rings (SSSR count). The predicted octanol–water partition coefficient (Wildman–Crippen LogP) is 2.32. The van der Waals surface area contributed by atoms with Crippen LogP contribution in [0.15, 0.2) is 36.7 Å². The van der Waals surface area contributed by atoms with Crippen LogP contribution in [0, 0.1) is 0 Å². The maximum atomic E-state index is 9.89. The monoisotopic (exact) mass is 324 g/mol. The number of rotatable bonds is 4. The second-order valence-electron chi connectivity index (χ2n) is 6.22. The quantitative estimate of drug-likeness (QED) is 0.686. The summed E-state index contributed by atoms with van der Waals surface area (Å²) in [6.45, 7) is 1.23. The Morgan fingerprint density at radius 3 is 3.08 bits per heavy atom. The number of aliphatic hydroxyl groups excluding tert-OH is 1. The highest BCUT2D eigenvalue weighted by Crippen LogP contribution is 2.34. The normalized spacial score (nSPS) is 20.6. The van der Waals surface area contributed by atoms with Gasteiger partial charge in [0.15, 0.2) is 0 Å². The second kappa shape index (κ2) is 5.89. The summed E-state index contributed by atoms with van der Waals surface area (Å²) in [5, 5.41) is 14.0. The van der Waals surface area contributed by atoms with Gasteiger partial charge in [-0.05, 0) is 24.6 Å². The highest BCUT2D eigenvalue weighted by atomic mass is 16.5. The molecule has 0 bridgehead atoms. The molecule has 4 heterocycles. The van der Waals surface area contributed by atoms with Crippen molar-refractivity contribution in [1.82, 2.24) is 15.0 Å². The van der Waals surface area contributed by atoms with Crippen molar-refractivity contribution in [3.05, 3.63) is 42.4 Å². The summed E-state index contributed by atoms with van der Waals surface area (Å²) in [7, 11) is 1.85. The first-order valence-electron chi connectivity index (χ1n) is 8.07. The molecule has 24 heavy (non-hydrogen) atoms. The predicted molar refractivity (Wildman–Crippen MR) is 93.1 cm³/mol. The van der Waals surface area contributed by atoms with E-state index < -0.39 is 0 Å². The molecule has 1 aliphatic heterocycles. The van der Waals surface area contributed by atoms with Crippen LogP contribution < -0.4 is 5.32 Å². The van der Waals surface area contributed by atoms with E-state index in [0.29, 0.717) is 13.2 Å². The van der Waals surface area contributed by atoms with Crippen LogP contribution in [0.25, 0.3) is 22.2 Å². The molecule has 0 saturated carbocycles. The summed E-state index contributed by atoms with van der Waals surface area (Å²) < 4.78 is 5.51. The third kappa shape index (κ3) is 2.35. The minimum Gasteiger partial charge on any atom is -0.395 e. The van der Waals surface area contributed by atoms with Crippen molar-refractivity contribution in [2.24, 2.45) is 0 Å². The molecule has 1 fully saturated rings. The van der Waals surface area contributed by atoms with Gasteiger partial charge in [-0.3, -0.25) is 4.98 Å². The van der Waals surface area contributed by atoms with Gasteiger partial charge in [-0.25, -0.2) is 4.98 Å². The molecule has 6 nitrogen and oxygen atoms in total. The van der Waals surface area contributed by atoms with E-state index in [0.717, 1.165) is 40.1 Å². The van der Waals surface area contributed by atoms with Gasteiger partial charge in [-0.15, -0.1) is 0 Å². The molecule has 0 radical (unpaired) electrons. The Labute approximate surface area is 139 Å². The Hall–Kier alpha value is -2.44. The fourth-order valence-corrected chi connectivity index (χ4v) is 3.26. The van der Waals surface area contributed by atoms with Gasteiger partial charge in [0, 0.05) is 30.8 Å². The summed E-state index contributed by atoms with van der Waals surface area (Å²) in [6, 6.07) is 7.97. The lowest BCUT2D eigenvalue weighted by atomic mass is 9.84. The molecule has 3 aromatic rings. The maximum absolute atomic E-state index is 9.89. The fourth-order valence-electron chi connectivity index (χ4n) is 3.26. The average Bonchev–Trinajstić information content (AvgIpc) is 3.29.